The topological polar surface area (TPSA) is 79.0 Å². The zero-order chi connectivity index (χ0) is 14.5. The monoisotopic (exact) mass is 271 g/mol. The summed E-state index contributed by atoms with van der Waals surface area (Å²) in [6.45, 7) is 0.202. The lowest BCUT2D eigenvalue weighted by molar-refractivity contribution is -0.384. The van der Waals surface area contributed by atoms with Crippen LogP contribution in [-0.2, 0) is 6.54 Å². The molecular formula is C14H10FN3O2. The predicted molar refractivity (Wildman–Crippen MR) is 71.5 cm³/mol. The smallest absolute Gasteiger partial charge is 0.292 e. The van der Waals surface area contributed by atoms with Gasteiger partial charge < -0.3 is 5.32 Å². The van der Waals surface area contributed by atoms with E-state index in [9.17, 15) is 14.5 Å². The summed E-state index contributed by atoms with van der Waals surface area (Å²) in [7, 11) is 0. The van der Waals surface area contributed by atoms with Crippen molar-refractivity contribution in [3.63, 3.8) is 0 Å². The molecule has 0 aromatic heterocycles. The number of anilines is 1. The number of rotatable bonds is 4. The maximum Gasteiger partial charge on any atom is 0.292 e. The minimum atomic E-state index is -0.585. The second kappa shape index (κ2) is 5.80. The molecule has 0 radical (unpaired) electrons. The van der Waals surface area contributed by atoms with E-state index < -0.39 is 10.7 Å². The van der Waals surface area contributed by atoms with E-state index in [1.807, 2.05) is 6.07 Å². The van der Waals surface area contributed by atoms with E-state index in [0.717, 1.165) is 18.2 Å². The van der Waals surface area contributed by atoms with Crippen LogP contribution in [0.15, 0.2) is 42.5 Å². The molecule has 100 valence electrons. The van der Waals surface area contributed by atoms with Crippen LogP contribution in [0.4, 0.5) is 15.8 Å². The number of hydrogen-bond donors (Lipinski definition) is 1. The van der Waals surface area contributed by atoms with E-state index >= 15 is 0 Å². The van der Waals surface area contributed by atoms with Crippen LogP contribution in [0.5, 0.6) is 0 Å². The van der Waals surface area contributed by atoms with Crippen molar-refractivity contribution in [2.75, 3.05) is 5.32 Å². The number of halogens is 1. The first-order valence-corrected chi connectivity index (χ1v) is 5.77. The van der Waals surface area contributed by atoms with Crippen molar-refractivity contribution in [1.82, 2.24) is 0 Å². The summed E-state index contributed by atoms with van der Waals surface area (Å²) in [4.78, 5) is 10.3. The second-order valence-electron chi connectivity index (χ2n) is 4.04. The minimum Gasteiger partial charge on any atom is -0.375 e. The Morgan fingerprint density at radius 1 is 1.30 bits per heavy atom. The number of nitrogens with one attached hydrogen (secondary N) is 1. The van der Waals surface area contributed by atoms with Gasteiger partial charge in [0.15, 0.2) is 0 Å². The molecule has 0 aliphatic carbocycles. The Bertz CT molecular complexity index is 695. The average molecular weight is 271 g/mol. The van der Waals surface area contributed by atoms with E-state index in [1.165, 1.54) is 0 Å². The standard InChI is InChI=1S/C14H10FN3O2/c15-12-5-6-14(18(19)20)13(7-12)17-9-11-4-2-1-3-10(11)8-16/h1-7,17H,9H2. The maximum absolute atomic E-state index is 13.2. The molecule has 2 aromatic carbocycles. The fourth-order valence-electron chi connectivity index (χ4n) is 1.78. The molecule has 0 saturated heterocycles. The zero-order valence-electron chi connectivity index (χ0n) is 10.3. The molecule has 0 atom stereocenters. The van der Waals surface area contributed by atoms with Gasteiger partial charge in [0.2, 0.25) is 0 Å². The highest BCUT2D eigenvalue weighted by Crippen LogP contribution is 2.25. The summed E-state index contributed by atoms with van der Waals surface area (Å²) in [5, 5.41) is 22.6. The van der Waals surface area contributed by atoms with E-state index in [1.54, 1.807) is 24.3 Å². The SMILES string of the molecule is N#Cc1ccccc1CNc1cc(F)ccc1[N+](=O)[O-]. The zero-order valence-corrected chi connectivity index (χ0v) is 10.3. The normalized spacial score (nSPS) is 9.80. The number of nitrogens with zero attached hydrogens (tertiary/aromatic N) is 2. The first-order valence-electron chi connectivity index (χ1n) is 5.77. The first-order chi connectivity index (χ1) is 9.61. The molecule has 0 saturated carbocycles. The highest BCUT2D eigenvalue weighted by molar-refractivity contribution is 5.61. The summed E-state index contributed by atoms with van der Waals surface area (Å²) in [6, 6.07) is 12.1. The van der Waals surface area contributed by atoms with Crippen LogP contribution in [0.2, 0.25) is 0 Å². The molecule has 2 rings (SSSR count). The molecule has 6 heteroatoms. The Kier molecular flexibility index (Phi) is 3.91. The van der Waals surface area contributed by atoms with Gasteiger partial charge in [0, 0.05) is 18.7 Å². The van der Waals surface area contributed by atoms with Gasteiger partial charge in [-0.1, -0.05) is 18.2 Å². The van der Waals surface area contributed by atoms with Gasteiger partial charge in [0.1, 0.15) is 11.5 Å². The summed E-state index contributed by atoms with van der Waals surface area (Å²) in [5.74, 6) is -0.563. The Labute approximate surface area is 114 Å². The lowest BCUT2D eigenvalue weighted by Crippen LogP contribution is -2.04. The van der Waals surface area contributed by atoms with Gasteiger partial charge in [-0.05, 0) is 17.7 Å². The number of hydrogen-bond acceptors (Lipinski definition) is 4. The van der Waals surface area contributed by atoms with Crippen molar-refractivity contribution in [1.29, 1.82) is 5.26 Å². The third-order valence-electron chi connectivity index (χ3n) is 2.76. The molecule has 20 heavy (non-hydrogen) atoms. The lowest BCUT2D eigenvalue weighted by Gasteiger charge is -2.08. The second-order valence-corrected chi connectivity index (χ2v) is 4.04. The molecule has 0 unspecified atom stereocenters. The Morgan fingerprint density at radius 3 is 2.75 bits per heavy atom. The molecule has 2 aromatic rings. The minimum absolute atomic E-state index is 0.0859. The summed E-state index contributed by atoms with van der Waals surface area (Å²) in [5.41, 5.74) is 1.04. The van der Waals surface area contributed by atoms with E-state index in [4.69, 9.17) is 5.26 Å². The van der Waals surface area contributed by atoms with Crippen LogP contribution >= 0.6 is 0 Å². The highest BCUT2D eigenvalue weighted by Gasteiger charge is 2.14. The lowest BCUT2D eigenvalue weighted by atomic mass is 10.1. The van der Waals surface area contributed by atoms with Crippen LogP contribution in [0, 0.1) is 27.3 Å². The molecule has 0 aliphatic heterocycles. The van der Waals surface area contributed by atoms with Crippen LogP contribution in [0.3, 0.4) is 0 Å². The van der Waals surface area contributed by atoms with Crippen molar-refractivity contribution >= 4 is 11.4 Å². The maximum atomic E-state index is 13.2. The fraction of sp³-hybridized carbons (Fsp3) is 0.0714. The Morgan fingerprint density at radius 2 is 2.05 bits per heavy atom. The fourth-order valence-corrected chi connectivity index (χ4v) is 1.78. The number of nitro benzene ring substituents is 1. The van der Waals surface area contributed by atoms with Crippen LogP contribution in [-0.4, -0.2) is 4.92 Å². The molecule has 1 N–H and O–H groups in total. The first kappa shape index (κ1) is 13.5. The van der Waals surface area contributed by atoms with Crippen molar-refractivity contribution in [3.05, 3.63) is 69.5 Å². The number of benzene rings is 2. The third-order valence-corrected chi connectivity index (χ3v) is 2.76. The van der Waals surface area contributed by atoms with E-state index in [0.29, 0.717) is 11.1 Å². The van der Waals surface area contributed by atoms with Crippen molar-refractivity contribution in [3.8, 4) is 6.07 Å². The molecule has 0 aliphatic rings. The molecule has 0 amide bonds. The van der Waals surface area contributed by atoms with Gasteiger partial charge in [-0.15, -0.1) is 0 Å². The van der Waals surface area contributed by atoms with Crippen LogP contribution < -0.4 is 5.32 Å². The van der Waals surface area contributed by atoms with Gasteiger partial charge in [-0.25, -0.2) is 4.39 Å². The Balaban J connectivity index is 2.25. The van der Waals surface area contributed by atoms with Crippen LogP contribution in [0.1, 0.15) is 11.1 Å². The largest absolute Gasteiger partial charge is 0.375 e. The molecule has 0 bridgehead atoms. The molecule has 5 nitrogen and oxygen atoms in total. The van der Waals surface area contributed by atoms with Crippen LogP contribution in [0.25, 0.3) is 0 Å². The van der Waals surface area contributed by atoms with Gasteiger partial charge in [-0.2, -0.15) is 5.26 Å². The molecule has 0 fully saturated rings. The van der Waals surface area contributed by atoms with E-state index in [2.05, 4.69) is 5.32 Å². The third kappa shape index (κ3) is 2.90. The van der Waals surface area contributed by atoms with Crippen molar-refractivity contribution < 1.29 is 9.31 Å². The predicted octanol–water partition coefficient (Wildman–Crippen LogP) is 3.22. The van der Waals surface area contributed by atoms with Gasteiger partial charge in [-0.3, -0.25) is 10.1 Å². The molecule has 0 heterocycles. The molecule has 0 spiro atoms. The average Bonchev–Trinajstić information content (AvgIpc) is 2.45. The van der Waals surface area contributed by atoms with Crippen molar-refractivity contribution in [2.24, 2.45) is 0 Å². The highest BCUT2D eigenvalue weighted by atomic mass is 19.1. The van der Waals surface area contributed by atoms with Gasteiger partial charge in [0.05, 0.1) is 16.6 Å². The van der Waals surface area contributed by atoms with Crippen molar-refractivity contribution in [2.45, 2.75) is 6.54 Å². The van der Waals surface area contributed by atoms with Gasteiger partial charge >= 0.3 is 0 Å². The number of nitriles is 1. The summed E-state index contributed by atoms with van der Waals surface area (Å²) in [6.07, 6.45) is 0. The van der Waals surface area contributed by atoms with E-state index in [-0.39, 0.29) is 17.9 Å². The quantitative estimate of drug-likeness (QED) is 0.684. The molecular weight excluding hydrogens is 261 g/mol. The Hall–Kier alpha value is -2.94. The summed E-state index contributed by atoms with van der Waals surface area (Å²) < 4.78 is 13.2. The number of nitro groups is 1. The summed E-state index contributed by atoms with van der Waals surface area (Å²) >= 11 is 0. The van der Waals surface area contributed by atoms with Gasteiger partial charge in [0.25, 0.3) is 5.69 Å².